The number of phenolic OH excluding ortho intramolecular Hbond substituents is 1. The zero-order valence-electron chi connectivity index (χ0n) is 20.9. The Morgan fingerprint density at radius 1 is 0.625 bits per heavy atom. The first-order valence-electron chi connectivity index (χ1n) is 10.7. The summed E-state index contributed by atoms with van der Waals surface area (Å²) >= 11 is 0. The van der Waals surface area contributed by atoms with Crippen molar-refractivity contribution in [3.63, 3.8) is 0 Å². The molecular weight excluding hydrogens is 637 g/mol. The largest absolute Gasteiger partial charge is 0.507 e. The zero-order chi connectivity index (χ0) is 22.4. The summed E-state index contributed by atoms with van der Waals surface area (Å²) in [6.45, 7) is 19.2. The van der Waals surface area contributed by atoms with Crippen LogP contribution < -0.4 is 0 Å². The van der Waals surface area contributed by atoms with Crippen LogP contribution in [0.5, 0.6) is 5.75 Å². The van der Waals surface area contributed by atoms with E-state index in [1.54, 1.807) is 0 Å². The molecule has 0 aliphatic heterocycles. The average Bonchev–Trinajstić information content (AvgIpc) is 2.63. The molecule has 3 aromatic carbocycles. The molecule has 0 aromatic heterocycles. The molecule has 32 heavy (non-hydrogen) atoms. The van der Waals surface area contributed by atoms with Crippen LogP contribution in [-0.2, 0) is 64.6 Å². The standard InChI is InChI=1S/C29H34O.W.Y/c1-18-14-20(3)24(15-19(18)2)22-12-10-21(11-13-22)23-16-25(28(4,5)6)27(30)26(17-23)29(7,8)9;;/h10-13,16-17,30H,1-9H3;;/q-2;;. The Labute approximate surface area is 234 Å². The van der Waals surface area contributed by atoms with E-state index in [0.717, 1.165) is 50.1 Å². The minimum Gasteiger partial charge on any atom is -0.507 e. The van der Waals surface area contributed by atoms with Crippen LogP contribution in [0, 0.1) is 32.9 Å². The first kappa shape index (κ1) is 29.3. The van der Waals surface area contributed by atoms with Gasteiger partial charge in [-0.1, -0.05) is 67.5 Å². The van der Waals surface area contributed by atoms with Crippen LogP contribution in [-0.4, -0.2) is 5.11 Å². The number of hydrogen-bond acceptors (Lipinski definition) is 1. The van der Waals surface area contributed by atoms with Crippen molar-refractivity contribution in [1.82, 2.24) is 0 Å². The Bertz CT molecular complexity index is 1050. The van der Waals surface area contributed by atoms with Crippen LogP contribution in [0.3, 0.4) is 0 Å². The zero-order valence-corrected chi connectivity index (χ0v) is 26.7. The van der Waals surface area contributed by atoms with E-state index in [-0.39, 0.29) is 64.6 Å². The molecular formula is C29H34OWY-2. The minimum atomic E-state index is -0.138. The fourth-order valence-electron chi connectivity index (χ4n) is 3.88. The number of hydrogen-bond donors (Lipinski definition) is 1. The summed E-state index contributed by atoms with van der Waals surface area (Å²) in [6, 6.07) is 19.9. The first-order chi connectivity index (χ1) is 13.8. The molecule has 0 heterocycles. The van der Waals surface area contributed by atoms with Gasteiger partial charge in [0.25, 0.3) is 0 Å². The molecule has 1 nitrogen and oxygen atoms in total. The molecule has 0 fully saturated rings. The van der Waals surface area contributed by atoms with Crippen molar-refractivity contribution < 1.29 is 58.9 Å². The summed E-state index contributed by atoms with van der Waals surface area (Å²) in [5.41, 5.74) is 9.68. The third-order valence-corrected chi connectivity index (χ3v) is 5.86. The third-order valence-electron chi connectivity index (χ3n) is 5.86. The molecule has 167 valence electrons. The van der Waals surface area contributed by atoms with Crippen molar-refractivity contribution in [2.24, 2.45) is 0 Å². The predicted molar refractivity (Wildman–Crippen MR) is 128 cm³/mol. The van der Waals surface area contributed by atoms with Crippen molar-refractivity contribution in [1.29, 1.82) is 0 Å². The van der Waals surface area contributed by atoms with Crippen LogP contribution >= 0.6 is 0 Å². The molecule has 0 aliphatic rings. The van der Waals surface area contributed by atoms with E-state index < -0.39 is 0 Å². The molecule has 0 unspecified atom stereocenters. The minimum absolute atomic E-state index is 0. The maximum Gasteiger partial charge on any atom is 0.123 e. The van der Waals surface area contributed by atoms with Gasteiger partial charge >= 0.3 is 0 Å². The van der Waals surface area contributed by atoms with Gasteiger partial charge in [0.2, 0.25) is 0 Å². The Kier molecular flexibility index (Phi) is 9.77. The Balaban J connectivity index is 0.00000256. The SMILES string of the molecule is Cc1[c-]c(C)c(-c2ccc(-c3cc(C(C)(C)C)c(O)c(C(C)(C)C)c3)cc2)[c-]c1C.[W].[Y]. The van der Waals surface area contributed by atoms with Gasteiger partial charge in [-0.2, -0.15) is 5.56 Å². The Hall–Kier alpha value is -0.748. The van der Waals surface area contributed by atoms with E-state index in [2.05, 4.69) is 111 Å². The molecule has 0 saturated heterocycles. The molecule has 0 atom stereocenters. The van der Waals surface area contributed by atoms with Crippen molar-refractivity contribution in [3.8, 4) is 28.0 Å². The quantitative estimate of drug-likeness (QED) is 0.276. The van der Waals surface area contributed by atoms with Gasteiger partial charge < -0.3 is 5.11 Å². The smallest absolute Gasteiger partial charge is 0.123 e. The van der Waals surface area contributed by atoms with E-state index in [0.29, 0.717) is 5.75 Å². The second-order valence-electron chi connectivity index (χ2n) is 10.5. The van der Waals surface area contributed by atoms with Crippen LogP contribution in [0.15, 0.2) is 36.4 Å². The average molecular weight is 671 g/mol. The number of aryl methyl sites for hydroxylation is 3. The van der Waals surface area contributed by atoms with E-state index in [4.69, 9.17) is 0 Å². The van der Waals surface area contributed by atoms with Crippen molar-refractivity contribution in [2.75, 3.05) is 0 Å². The van der Waals surface area contributed by atoms with Gasteiger partial charge in [0.1, 0.15) is 5.75 Å². The summed E-state index contributed by atoms with van der Waals surface area (Å²) in [5.74, 6) is 0.422. The summed E-state index contributed by atoms with van der Waals surface area (Å²) in [7, 11) is 0. The predicted octanol–water partition coefficient (Wildman–Crippen LogP) is 7.84. The van der Waals surface area contributed by atoms with Gasteiger partial charge in [0, 0.05) is 64.9 Å². The normalized spacial score (nSPS) is 11.5. The second-order valence-corrected chi connectivity index (χ2v) is 10.5. The molecule has 0 bridgehead atoms. The van der Waals surface area contributed by atoms with Crippen molar-refractivity contribution >= 4 is 0 Å². The van der Waals surface area contributed by atoms with Gasteiger partial charge in [-0.3, -0.25) is 17.7 Å². The Morgan fingerprint density at radius 2 is 1.03 bits per heavy atom. The fourth-order valence-corrected chi connectivity index (χ4v) is 3.88. The second kappa shape index (κ2) is 10.7. The van der Waals surface area contributed by atoms with E-state index in [1.807, 2.05) is 0 Å². The third kappa shape index (κ3) is 6.22. The molecule has 0 aliphatic carbocycles. The number of benzene rings is 3. The van der Waals surface area contributed by atoms with Crippen LogP contribution in [0.25, 0.3) is 22.3 Å². The van der Waals surface area contributed by atoms with Gasteiger partial charge in [-0.05, 0) is 34.1 Å². The molecule has 0 spiro atoms. The van der Waals surface area contributed by atoms with E-state index in [9.17, 15) is 5.11 Å². The molecule has 3 aromatic rings. The van der Waals surface area contributed by atoms with Gasteiger partial charge in [0.15, 0.2) is 0 Å². The van der Waals surface area contributed by atoms with Crippen LogP contribution in [0.1, 0.15) is 69.4 Å². The monoisotopic (exact) mass is 671 g/mol. The molecule has 3 heteroatoms. The summed E-state index contributed by atoms with van der Waals surface area (Å²) < 4.78 is 0. The molecule has 1 N–H and O–H groups in total. The van der Waals surface area contributed by atoms with Crippen LogP contribution in [0.2, 0.25) is 0 Å². The summed E-state index contributed by atoms with van der Waals surface area (Å²) in [6.07, 6.45) is 0. The fraction of sp³-hybridized carbons (Fsp3) is 0.379. The molecule has 0 saturated carbocycles. The van der Waals surface area contributed by atoms with Crippen LogP contribution in [0.4, 0.5) is 0 Å². The van der Waals surface area contributed by atoms with Gasteiger partial charge in [0.05, 0.1) is 0 Å². The molecule has 1 radical (unpaired) electrons. The maximum absolute atomic E-state index is 11.0. The van der Waals surface area contributed by atoms with Crippen molar-refractivity contribution in [3.05, 3.63) is 76.3 Å². The van der Waals surface area contributed by atoms with E-state index >= 15 is 0 Å². The number of rotatable bonds is 2. The topological polar surface area (TPSA) is 20.2 Å². The summed E-state index contributed by atoms with van der Waals surface area (Å²) in [4.78, 5) is 0. The molecule has 3 rings (SSSR count). The van der Waals surface area contributed by atoms with Crippen molar-refractivity contribution in [2.45, 2.75) is 73.1 Å². The molecule has 0 amide bonds. The first-order valence-corrected chi connectivity index (χ1v) is 10.7. The van der Waals surface area contributed by atoms with E-state index in [1.165, 1.54) is 0 Å². The van der Waals surface area contributed by atoms with Gasteiger partial charge in [-0.25, -0.2) is 16.7 Å². The van der Waals surface area contributed by atoms with Gasteiger partial charge in [-0.15, -0.1) is 19.1 Å². The summed E-state index contributed by atoms with van der Waals surface area (Å²) in [5, 5.41) is 11.0. The number of phenols is 1. The Morgan fingerprint density at radius 3 is 1.47 bits per heavy atom. The maximum atomic E-state index is 11.0. The number of aromatic hydroxyl groups is 1.